The van der Waals surface area contributed by atoms with Crippen LogP contribution in [0.1, 0.15) is 54.4 Å². The van der Waals surface area contributed by atoms with Crippen molar-refractivity contribution in [3.8, 4) is 0 Å². The monoisotopic (exact) mass is 449 g/mol. The molecule has 0 spiro atoms. The molecule has 3 aromatic rings. The minimum Gasteiger partial charge on any atom is -0.401 e. The molecule has 8 heteroatoms. The predicted octanol–water partition coefficient (Wildman–Crippen LogP) is 2.48. The molecule has 8 nitrogen and oxygen atoms in total. The zero-order chi connectivity index (χ0) is 23.6. The third-order valence-corrected chi connectivity index (χ3v) is 6.40. The van der Waals surface area contributed by atoms with Gasteiger partial charge in [0.05, 0.1) is 17.0 Å². The number of hydrogen-bond acceptors (Lipinski definition) is 7. The number of hydrogen-bond donors (Lipinski definition) is 4. The molecule has 0 radical (unpaired) electrons. The summed E-state index contributed by atoms with van der Waals surface area (Å²) in [4.78, 5) is 4.76. The van der Waals surface area contributed by atoms with Gasteiger partial charge in [-0.1, -0.05) is 19.1 Å². The van der Waals surface area contributed by atoms with Crippen LogP contribution in [0.2, 0.25) is 0 Å². The Morgan fingerprint density at radius 2 is 1.94 bits per heavy atom. The van der Waals surface area contributed by atoms with E-state index in [1.807, 2.05) is 23.6 Å². The fraction of sp³-hybridized carbons (Fsp3) is 0.440. The summed E-state index contributed by atoms with van der Waals surface area (Å²) in [5.41, 5.74) is 13.3. The van der Waals surface area contributed by atoms with Crippen LogP contribution in [-0.2, 0) is 12.8 Å². The number of aliphatic hydroxyl groups is 1. The van der Waals surface area contributed by atoms with Crippen molar-refractivity contribution in [3.63, 3.8) is 0 Å². The molecule has 0 atom stereocenters. The highest BCUT2D eigenvalue weighted by Gasteiger charge is 2.29. The standard InChI is InChI=1S/C25H35N7O/c1-4-23-22(24-29-17(2)13-18(3)32(24)30-23)14-19-5-7-21(8-6-19)31(27)16-20(26)15-25(33)9-11-28-12-10-25/h5-8,13,16,28,33H,4,9-12,14-15,26-27H2,1-3H3/b20-16-. The molecule has 0 unspecified atom stereocenters. The summed E-state index contributed by atoms with van der Waals surface area (Å²) < 4.78 is 1.95. The van der Waals surface area contributed by atoms with Crippen molar-refractivity contribution in [3.05, 3.63) is 70.4 Å². The van der Waals surface area contributed by atoms with Gasteiger partial charge >= 0.3 is 0 Å². The van der Waals surface area contributed by atoms with Crippen molar-refractivity contribution in [1.82, 2.24) is 19.9 Å². The van der Waals surface area contributed by atoms with Gasteiger partial charge in [0.2, 0.25) is 0 Å². The summed E-state index contributed by atoms with van der Waals surface area (Å²) in [6, 6.07) is 10.2. The van der Waals surface area contributed by atoms with Gasteiger partial charge in [0.1, 0.15) is 0 Å². The Morgan fingerprint density at radius 3 is 2.61 bits per heavy atom. The van der Waals surface area contributed by atoms with Gasteiger partial charge in [-0.25, -0.2) is 15.3 Å². The van der Waals surface area contributed by atoms with E-state index in [1.165, 1.54) is 16.1 Å². The van der Waals surface area contributed by atoms with Gasteiger partial charge in [-0.05, 0) is 70.0 Å². The molecule has 33 heavy (non-hydrogen) atoms. The maximum absolute atomic E-state index is 10.7. The summed E-state index contributed by atoms with van der Waals surface area (Å²) in [7, 11) is 0. The zero-order valence-corrected chi connectivity index (χ0v) is 19.8. The van der Waals surface area contributed by atoms with Crippen LogP contribution >= 0.6 is 0 Å². The smallest absolute Gasteiger partial charge is 0.159 e. The number of fused-ring (bicyclic) bond motifs is 1. The summed E-state index contributed by atoms with van der Waals surface area (Å²) in [5.74, 6) is 6.24. The Kier molecular flexibility index (Phi) is 6.69. The van der Waals surface area contributed by atoms with Gasteiger partial charge < -0.3 is 16.2 Å². The van der Waals surface area contributed by atoms with E-state index in [2.05, 4.69) is 37.4 Å². The summed E-state index contributed by atoms with van der Waals surface area (Å²) in [6.45, 7) is 7.81. The highest BCUT2D eigenvalue weighted by atomic mass is 16.3. The lowest BCUT2D eigenvalue weighted by molar-refractivity contribution is 0.0106. The lowest BCUT2D eigenvalue weighted by Crippen LogP contribution is -2.43. The van der Waals surface area contributed by atoms with Crippen LogP contribution in [0.25, 0.3) is 5.65 Å². The van der Waals surface area contributed by atoms with Crippen LogP contribution in [0, 0.1) is 13.8 Å². The van der Waals surface area contributed by atoms with Gasteiger partial charge in [0, 0.05) is 41.7 Å². The van der Waals surface area contributed by atoms with Crippen molar-refractivity contribution in [2.24, 2.45) is 11.6 Å². The number of nitrogens with two attached hydrogens (primary N) is 2. The van der Waals surface area contributed by atoms with Gasteiger partial charge in [0.25, 0.3) is 0 Å². The second kappa shape index (κ2) is 9.51. The number of aromatic nitrogens is 3. The van der Waals surface area contributed by atoms with E-state index in [9.17, 15) is 5.11 Å². The van der Waals surface area contributed by atoms with Gasteiger partial charge in [-0.15, -0.1) is 0 Å². The lowest BCUT2D eigenvalue weighted by atomic mass is 9.88. The van der Waals surface area contributed by atoms with Crippen molar-refractivity contribution in [2.45, 2.75) is 58.5 Å². The number of hydrazine groups is 1. The SMILES string of the molecule is CCc1nn2c(C)cc(C)nc2c1Cc1ccc(N(N)/C=C(\N)CC2(O)CCNCC2)cc1. The third-order valence-electron chi connectivity index (χ3n) is 6.40. The molecule has 176 valence electrons. The first-order valence-electron chi connectivity index (χ1n) is 11.6. The number of nitrogens with one attached hydrogen (secondary N) is 1. The molecule has 2 aromatic heterocycles. The maximum Gasteiger partial charge on any atom is 0.159 e. The van der Waals surface area contributed by atoms with Crippen LogP contribution in [0.4, 0.5) is 5.69 Å². The molecule has 1 aliphatic heterocycles. The second-order valence-electron chi connectivity index (χ2n) is 9.16. The number of aryl methyl sites for hydroxylation is 3. The topological polar surface area (TPSA) is 118 Å². The number of rotatable bonds is 7. The summed E-state index contributed by atoms with van der Waals surface area (Å²) >= 11 is 0. The number of nitrogens with zero attached hydrogens (tertiary/aromatic N) is 4. The fourth-order valence-corrected chi connectivity index (χ4v) is 4.61. The quantitative estimate of drug-likeness (QED) is 0.323. The first-order valence-corrected chi connectivity index (χ1v) is 11.6. The van der Waals surface area contributed by atoms with Crippen molar-refractivity contribution >= 4 is 11.3 Å². The molecule has 4 rings (SSSR count). The first-order chi connectivity index (χ1) is 15.8. The number of anilines is 1. The highest BCUT2D eigenvalue weighted by Crippen LogP contribution is 2.26. The van der Waals surface area contributed by atoms with Gasteiger partial charge in [0.15, 0.2) is 5.65 Å². The molecular formula is C25H35N7O. The van der Waals surface area contributed by atoms with Crippen LogP contribution in [0.3, 0.4) is 0 Å². The molecule has 1 saturated heterocycles. The molecule has 1 fully saturated rings. The van der Waals surface area contributed by atoms with Crippen LogP contribution in [0.5, 0.6) is 0 Å². The molecule has 1 aliphatic rings. The third kappa shape index (κ3) is 5.19. The van der Waals surface area contributed by atoms with Crippen molar-refractivity contribution in [1.29, 1.82) is 0 Å². The molecule has 0 amide bonds. The zero-order valence-electron chi connectivity index (χ0n) is 19.8. The van der Waals surface area contributed by atoms with E-state index in [0.717, 1.165) is 54.3 Å². The fourth-order valence-electron chi connectivity index (χ4n) is 4.61. The van der Waals surface area contributed by atoms with Gasteiger partial charge in [-0.2, -0.15) is 5.10 Å². The minimum atomic E-state index is -0.757. The molecule has 0 bridgehead atoms. The predicted molar refractivity (Wildman–Crippen MR) is 132 cm³/mol. The largest absolute Gasteiger partial charge is 0.401 e. The van der Waals surface area contributed by atoms with E-state index in [1.54, 1.807) is 6.20 Å². The van der Waals surface area contributed by atoms with Crippen molar-refractivity contribution in [2.75, 3.05) is 18.1 Å². The summed E-state index contributed by atoms with van der Waals surface area (Å²) in [5, 5.41) is 20.3. The molecule has 3 heterocycles. The van der Waals surface area contributed by atoms with E-state index in [0.29, 0.717) is 25.0 Å². The molecule has 6 N–H and O–H groups in total. The van der Waals surface area contributed by atoms with E-state index >= 15 is 0 Å². The van der Waals surface area contributed by atoms with Gasteiger partial charge in [-0.3, -0.25) is 5.01 Å². The Labute approximate surface area is 195 Å². The second-order valence-corrected chi connectivity index (χ2v) is 9.16. The van der Waals surface area contributed by atoms with Crippen molar-refractivity contribution < 1.29 is 5.11 Å². The Hall–Kier alpha value is -2.94. The van der Waals surface area contributed by atoms with E-state index < -0.39 is 5.60 Å². The van der Waals surface area contributed by atoms with E-state index in [-0.39, 0.29) is 0 Å². The average Bonchev–Trinajstić information content (AvgIpc) is 3.12. The Morgan fingerprint density at radius 1 is 1.24 bits per heavy atom. The Bertz CT molecular complexity index is 1140. The first kappa shape index (κ1) is 23.2. The van der Waals surface area contributed by atoms with Crippen LogP contribution < -0.4 is 21.9 Å². The average molecular weight is 450 g/mol. The van der Waals surface area contributed by atoms with E-state index in [4.69, 9.17) is 21.7 Å². The molecule has 1 aromatic carbocycles. The minimum absolute atomic E-state index is 0.417. The number of piperidine rings is 1. The van der Waals surface area contributed by atoms with Crippen LogP contribution in [0.15, 0.2) is 42.2 Å². The molecule has 0 aliphatic carbocycles. The molecule has 0 saturated carbocycles. The normalized spacial score (nSPS) is 16.3. The summed E-state index contributed by atoms with van der Waals surface area (Å²) in [6.07, 6.45) is 5.12. The lowest BCUT2D eigenvalue weighted by Gasteiger charge is -2.32. The molecular weight excluding hydrogens is 414 g/mol. The Balaban J connectivity index is 1.50. The highest BCUT2D eigenvalue weighted by molar-refractivity contribution is 5.55. The number of benzene rings is 1. The van der Waals surface area contributed by atoms with Crippen LogP contribution in [-0.4, -0.2) is 38.4 Å². The maximum atomic E-state index is 10.7.